The van der Waals surface area contributed by atoms with Gasteiger partial charge in [0.2, 0.25) is 0 Å². The fourth-order valence-electron chi connectivity index (χ4n) is 2.26. The van der Waals surface area contributed by atoms with E-state index < -0.39 is 0 Å². The van der Waals surface area contributed by atoms with Crippen LogP contribution in [0.1, 0.15) is 50.7 Å². The van der Waals surface area contributed by atoms with Gasteiger partial charge in [-0.1, -0.05) is 45.0 Å². The SMILES string of the molecule is CCn1ncnc1CC(N)c1ccc(C(C)(C)C)cc1. The first-order valence-electron chi connectivity index (χ1n) is 7.14. The minimum atomic E-state index is -0.0430. The first-order valence-corrected chi connectivity index (χ1v) is 7.14. The molecule has 2 rings (SSSR count). The van der Waals surface area contributed by atoms with Crippen molar-refractivity contribution in [2.45, 2.75) is 52.1 Å². The molecule has 2 aromatic rings. The summed E-state index contributed by atoms with van der Waals surface area (Å²) in [6, 6.07) is 8.54. The zero-order valence-electron chi connectivity index (χ0n) is 12.8. The Morgan fingerprint density at radius 2 is 1.85 bits per heavy atom. The molecule has 0 aliphatic carbocycles. The van der Waals surface area contributed by atoms with E-state index in [2.05, 4.69) is 62.0 Å². The Labute approximate surface area is 121 Å². The maximum absolute atomic E-state index is 6.29. The van der Waals surface area contributed by atoms with Crippen molar-refractivity contribution in [2.24, 2.45) is 5.73 Å². The molecule has 1 heterocycles. The van der Waals surface area contributed by atoms with Gasteiger partial charge in [0.05, 0.1) is 0 Å². The lowest BCUT2D eigenvalue weighted by Crippen LogP contribution is -2.17. The van der Waals surface area contributed by atoms with Gasteiger partial charge in [-0.15, -0.1) is 0 Å². The number of hydrogen-bond donors (Lipinski definition) is 1. The third-order valence-corrected chi connectivity index (χ3v) is 3.60. The Bertz CT molecular complexity index is 549. The van der Waals surface area contributed by atoms with Crippen LogP contribution in [0.25, 0.3) is 0 Å². The van der Waals surface area contributed by atoms with Crippen LogP contribution in [0.15, 0.2) is 30.6 Å². The highest BCUT2D eigenvalue weighted by Gasteiger charge is 2.15. The lowest BCUT2D eigenvalue weighted by atomic mass is 9.86. The van der Waals surface area contributed by atoms with Gasteiger partial charge >= 0.3 is 0 Å². The molecule has 0 aliphatic heterocycles. The first kappa shape index (κ1) is 14.7. The van der Waals surface area contributed by atoms with E-state index >= 15 is 0 Å². The fourth-order valence-corrected chi connectivity index (χ4v) is 2.26. The van der Waals surface area contributed by atoms with Crippen LogP contribution in [0.4, 0.5) is 0 Å². The Hall–Kier alpha value is -1.68. The quantitative estimate of drug-likeness (QED) is 0.931. The van der Waals surface area contributed by atoms with Gasteiger partial charge in [0, 0.05) is 19.0 Å². The van der Waals surface area contributed by atoms with Crippen LogP contribution in [-0.2, 0) is 18.4 Å². The molecule has 0 spiro atoms. The monoisotopic (exact) mass is 272 g/mol. The zero-order chi connectivity index (χ0) is 14.8. The Kier molecular flexibility index (Phi) is 4.23. The van der Waals surface area contributed by atoms with Crippen LogP contribution in [-0.4, -0.2) is 14.8 Å². The van der Waals surface area contributed by atoms with Crippen molar-refractivity contribution < 1.29 is 0 Å². The molecule has 0 saturated carbocycles. The van der Waals surface area contributed by atoms with Crippen molar-refractivity contribution in [2.75, 3.05) is 0 Å². The average Bonchev–Trinajstić information content (AvgIpc) is 2.85. The van der Waals surface area contributed by atoms with Gasteiger partial charge in [-0.3, -0.25) is 4.68 Å². The molecule has 4 heteroatoms. The van der Waals surface area contributed by atoms with E-state index in [1.165, 1.54) is 5.56 Å². The molecule has 1 unspecified atom stereocenters. The van der Waals surface area contributed by atoms with Crippen LogP contribution in [0.3, 0.4) is 0 Å². The van der Waals surface area contributed by atoms with Gasteiger partial charge in [0.15, 0.2) is 0 Å². The summed E-state index contributed by atoms with van der Waals surface area (Å²) in [6.45, 7) is 9.52. The second-order valence-electron chi connectivity index (χ2n) is 6.17. The average molecular weight is 272 g/mol. The minimum absolute atomic E-state index is 0.0430. The molecule has 20 heavy (non-hydrogen) atoms. The normalized spacial score (nSPS) is 13.4. The van der Waals surface area contributed by atoms with Crippen molar-refractivity contribution in [3.05, 3.63) is 47.5 Å². The third-order valence-electron chi connectivity index (χ3n) is 3.60. The lowest BCUT2D eigenvalue weighted by Gasteiger charge is -2.20. The van der Waals surface area contributed by atoms with Gasteiger partial charge in [0.25, 0.3) is 0 Å². The summed E-state index contributed by atoms with van der Waals surface area (Å²) in [4.78, 5) is 4.28. The number of nitrogens with zero attached hydrogens (tertiary/aromatic N) is 3. The number of benzene rings is 1. The van der Waals surface area contributed by atoms with E-state index in [-0.39, 0.29) is 11.5 Å². The lowest BCUT2D eigenvalue weighted by molar-refractivity contribution is 0.577. The maximum atomic E-state index is 6.29. The molecular weight excluding hydrogens is 248 g/mol. The number of rotatable bonds is 4. The molecule has 0 fully saturated rings. The number of aryl methyl sites for hydroxylation is 1. The molecule has 0 bridgehead atoms. The minimum Gasteiger partial charge on any atom is -0.324 e. The van der Waals surface area contributed by atoms with Crippen LogP contribution in [0.2, 0.25) is 0 Å². The smallest absolute Gasteiger partial charge is 0.138 e. The van der Waals surface area contributed by atoms with Gasteiger partial charge in [0.1, 0.15) is 12.2 Å². The summed E-state index contributed by atoms with van der Waals surface area (Å²) in [7, 11) is 0. The fraction of sp³-hybridized carbons (Fsp3) is 0.500. The van der Waals surface area contributed by atoms with Crippen LogP contribution >= 0.6 is 0 Å². The van der Waals surface area contributed by atoms with Crippen LogP contribution < -0.4 is 5.73 Å². The number of nitrogens with two attached hydrogens (primary N) is 1. The molecule has 1 aromatic carbocycles. The predicted molar refractivity (Wildman–Crippen MR) is 81.5 cm³/mol. The van der Waals surface area contributed by atoms with Crippen molar-refractivity contribution in [3.63, 3.8) is 0 Å². The first-order chi connectivity index (χ1) is 9.41. The topological polar surface area (TPSA) is 56.7 Å². The molecule has 108 valence electrons. The van der Waals surface area contributed by atoms with E-state index in [0.717, 1.165) is 17.9 Å². The summed E-state index contributed by atoms with van der Waals surface area (Å²) >= 11 is 0. The van der Waals surface area contributed by atoms with E-state index in [9.17, 15) is 0 Å². The molecule has 0 saturated heterocycles. The van der Waals surface area contributed by atoms with Gasteiger partial charge in [-0.25, -0.2) is 4.98 Å². The zero-order valence-corrected chi connectivity index (χ0v) is 12.8. The van der Waals surface area contributed by atoms with Crippen molar-refractivity contribution in [3.8, 4) is 0 Å². The van der Waals surface area contributed by atoms with E-state index in [0.29, 0.717) is 6.42 Å². The largest absolute Gasteiger partial charge is 0.324 e. The number of aromatic nitrogens is 3. The molecule has 4 nitrogen and oxygen atoms in total. The number of hydrogen-bond acceptors (Lipinski definition) is 3. The van der Waals surface area contributed by atoms with E-state index in [1.807, 2.05) is 4.68 Å². The van der Waals surface area contributed by atoms with E-state index in [1.54, 1.807) is 6.33 Å². The highest BCUT2D eigenvalue weighted by atomic mass is 15.3. The molecule has 1 atom stereocenters. The summed E-state index contributed by atoms with van der Waals surface area (Å²) in [5, 5.41) is 4.18. The molecule has 2 N–H and O–H groups in total. The molecular formula is C16H24N4. The van der Waals surface area contributed by atoms with Crippen molar-refractivity contribution in [1.82, 2.24) is 14.8 Å². The summed E-state index contributed by atoms with van der Waals surface area (Å²) in [5.41, 5.74) is 8.93. The van der Waals surface area contributed by atoms with Gasteiger partial charge in [-0.2, -0.15) is 5.10 Å². The Balaban J connectivity index is 2.12. The molecule has 0 aliphatic rings. The third kappa shape index (κ3) is 3.25. The van der Waals surface area contributed by atoms with Gasteiger partial charge < -0.3 is 5.73 Å². The second-order valence-corrected chi connectivity index (χ2v) is 6.17. The molecule has 0 radical (unpaired) electrons. The molecule has 1 aromatic heterocycles. The Morgan fingerprint density at radius 3 is 2.40 bits per heavy atom. The molecule has 0 amide bonds. The van der Waals surface area contributed by atoms with Crippen LogP contribution in [0.5, 0.6) is 0 Å². The highest BCUT2D eigenvalue weighted by molar-refractivity contribution is 5.29. The predicted octanol–water partition coefficient (Wildman–Crippen LogP) is 2.84. The van der Waals surface area contributed by atoms with Crippen molar-refractivity contribution >= 4 is 0 Å². The van der Waals surface area contributed by atoms with Crippen molar-refractivity contribution in [1.29, 1.82) is 0 Å². The second kappa shape index (κ2) is 5.75. The Morgan fingerprint density at radius 1 is 1.20 bits per heavy atom. The standard InChI is InChI=1S/C16H24N4/c1-5-20-15(18-11-19-20)10-14(17)12-6-8-13(9-7-12)16(2,3)4/h6-9,11,14H,5,10,17H2,1-4H3. The summed E-state index contributed by atoms with van der Waals surface area (Å²) in [6.07, 6.45) is 2.30. The highest BCUT2D eigenvalue weighted by Crippen LogP contribution is 2.24. The van der Waals surface area contributed by atoms with E-state index in [4.69, 9.17) is 5.73 Å². The van der Waals surface area contributed by atoms with Gasteiger partial charge in [-0.05, 0) is 23.5 Å². The summed E-state index contributed by atoms with van der Waals surface area (Å²) in [5.74, 6) is 0.944. The van der Waals surface area contributed by atoms with Crippen LogP contribution in [0, 0.1) is 0 Å². The maximum Gasteiger partial charge on any atom is 0.138 e. The summed E-state index contributed by atoms with van der Waals surface area (Å²) < 4.78 is 1.89.